The topological polar surface area (TPSA) is 86.7 Å². The smallest absolute Gasteiger partial charge is 0.305 e. The van der Waals surface area contributed by atoms with Crippen molar-refractivity contribution in [2.24, 2.45) is 5.92 Å². The molecule has 0 saturated carbocycles. The molecular weight excluding hydrogens is 488 g/mol. The van der Waals surface area contributed by atoms with Gasteiger partial charge in [-0.05, 0) is 25.5 Å². The van der Waals surface area contributed by atoms with E-state index in [1.54, 1.807) is 12.1 Å². The lowest BCUT2D eigenvalue weighted by Gasteiger charge is -2.15. The average molecular weight is 539 g/mol. The first-order chi connectivity index (χ1) is 17.9. The number of aldehydes is 1. The van der Waals surface area contributed by atoms with Crippen LogP contribution in [0.2, 0.25) is 0 Å². The summed E-state index contributed by atoms with van der Waals surface area (Å²) in [5, 5.41) is 0. The van der Waals surface area contributed by atoms with Crippen LogP contribution in [0.15, 0.2) is 29.2 Å². The highest BCUT2D eigenvalue weighted by Gasteiger charge is 2.19. The average Bonchev–Trinajstić information content (AvgIpc) is 2.88. The maximum atomic E-state index is 12.3. The van der Waals surface area contributed by atoms with Crippen LogP contribution in [-0.4, -0.2) is 33.9 Å². The highest BCUT2D eigenvalue weighted by Crippen LogP contribution is 2.16. The number of unbranched alkanes of at least 4 members (excludes halogenated alkanes) is 14. The van der Waals surface area contributed by atoms with Crippen molar-refractivity contribution in [2.75, 3.05) is 13.2 Å². The van der Waals surface area contributed by atoms with Crippen LogP contribution in [0.3, 0.4) is 0 Å². The second-order valence-corrected chi connectivity index (χ2v) is 11.8. The number of carbonyl (C=O) groups excluding carboxylic acids is 2. The highest BCUT2D eigenvalue weighted by molar-refractivity contribution is 7.86. The van der Waals surface area contributed by atoms with Gasteiger partial charge in [0.15, 0.2) is 0 Å². The van der Waals surface area contributed by atoms with Gasteiger partial charge in [-0.1, -0.05) is 115 Å². The lowest BCUT2D eigenvalue weighted by molar-refractivity contribution is -0.145. The van der Waals surface area contributed by atoms with Crippen molar-refractivity contribution in [1.82, 2.24) is 0 Å². The Bertz CT molecular complexity index is 819. The summed E-state index contributed by atoms with van der Waals surface area (Å²) in [6.45, 7) is 3.89. The molecule has 37 heavy (non-hydrogen) atoms. The molecule has 1 aromatic rings. The maximum Gasteiger partial charge on any atom is 0.305 e. The molecule has 0 N–H and O–H groups in total. The summed E-state index contributed by atoms with van der Waals surface area (Å²) >= 11 is 0. The number of hydrogen-bond donors (Lipinski definition) is 0. The summed E-state index contributed by atoms with van der Waals surface area (Å²) in [4.78, 5) is 23.1. The Balaban J connectivity index is 2.07. The summed E-state index contributed by atoms with van der Waals surface area (Å²) < 4.78 is 35.1. The number of aryl methyl sites for hydroxylation is 1. The molecule has 0 fully saturated rings. The number of carbonyl (C=O) groups is 2. The third kappa shape index (κ3) is 17.4. The molecule has 7 heteroatoms. The van der Waals surface area contributed by atoms with E-state index in [-0.39, 0.29) is 30.5 Å². The monoisotopic (exact) mass is 538 g/mol. The molecule has 0 amide bonds. The van der Waals surface area contributed by atoms with Gasteiger partial charge in [-0.15, -0.1) is 0 Å². The van der Waals surface area contributed by atoms with Gasteiger partial charge in [-0.25, -0.2) is 0 Å². The van der Waals surface area contributed by atoms with Gasteiger partial charge >= 0.3 is 5.97 Å². The van der Waals surface area contributed by atoms with Gasteiger partial charge in [0.25, 0.3) is 10.1 Å². The fourth-order valence-electron chi connectivity index (χ4n) is 4.20. The van der Waals surface area contributed by atoms with Gasteiger partial charge in [0.1, 0.15) is 6.29 Å². The zero-order valence-corrected chi connectivity index (χ0v) is 24.1. The molecule has 0 saturated heterocycles. The first kappa shape index (κ1) is 33.3. The van der Waals surface area contributed by atoms with Crippen molar-refractivity contribution in [1.29, 1.82) is 0 Å². The van der Waals surface area contributed by atoms with Gasteiger partial charge in [0.05, 0.1) is 18.1 Å². The zero-order chi connectivity index (χ0) is 27.2. The fourth-order valence-corrected chi connectivity index (χ4v) is 5.18. The van der Waals surface area contributed by atoms with Gasteiger partial charge < -0.3 is 9.53 Å². The quantitative estimate of drug-likeness (QED) is 0.0580. The predicted octanol–water partition coefficient (Wildman–Crippen LogP) is 7.71. The van der Waals surface area contributed by atoms with Crippen molar-refractivity contribution in [3.05, 3.63) is 29.8 Å². The third-order valence-corrected chi connectivity index (χ3v) is 7.96. The molecule has 0 radical (unpaired) electrons. The number of benzene rings is 1. The van der Waals surface area contributed by atoms with E-state index in [1.165, 1.54) is 89.2 Å². The molecule has 212 valence electrons. The number of ether oxygens (including phenoxy) is 1. The van der Waals surface area contributed by atoms with Crippen molar-refractivity contribution >= 4 is 22.4 Å². The highest BCUT2D eigenvalue weighted by atomic mass is 32.2. The first-order valence-electron chi connectivity index (χ1n) is 14.4. The molecule has 1 aromatic carbocycles. The second-order valence-electron chi connectivity index (χ2n) is 10.2. The van der Waals surface area contributed by atoms with Crippen LogP contribution in [0, 0.1) is 12.8 Å². The summed E-state index contributed by atoms with van der Waals surface area (Å²) in [7, 11) is -3.92. The normalized spacial score (nSPS) is 12.4. The molecule has 0 aromatic heterocycles. The van der Waals surface area contributed by atoms with E-state index in [4.69, 9.17) is 8.92 Å². The Kier molecular flexibility index (Phi) is 19.1. The molecule has 6 nitrogen and oxygen atoms in total. The lowest BCUT2D eigenvalue weighted by Crippen LogP contribution is -2.21. The minimum Gasteiger partial charge on any atom is -0.465 e. The Labute approximate surface area is 226 Å². The minimum atomic E-state index is -3.92. The lowest BCUT2D eigenvalue weighted by atomic mass is 10.0. The van der Waals surface area contributed by atoms with E-state index in [1.807, 2.05) is 6.92 Å². The van der Waals surface area contributed by atoms with Crippen molar-refractivity contribution in [2.45, 2.75) is 128 Å². The standard InChI is InChI=1S/C30H50O6S/c1-3-4-5-6-7-8-9-10-11-12-13-14-15-16-17-18-30(32)35-25-28(23-24-31)26-36-37(33,34)29-21-19-27(2)20-22-29/h19-22,24,28H,3-18,23,25-26H2,1-2H3/t28-/m0/s1. The maximum absolute atomic E-state index is 12.3. The van der Waals surface area contributed by atoms with E-state index in [9.17, 15) is 18.0 Å². The molecule has 0 heterocycles. The number of esters is 1. The van der Waals surface area contributed by atoms with Crippen molar-refractivity contribution in [3.8, 4) is 0 Å². The van der Waals surface area contributed by atoms with Crippen LogP contribution in [0.1, 0.15) is 122 Å². The summed E-state index contributed by atoms with van der Waals surface area (Å²) in [6, 6.07) is 6.35. The van der Waals surface area contributed by atoms with Crippen LogP contribution in [0.5, 0.6) is 0 Å². The van der Waals surface area contributed by atoms with E-state index < -0.39 is 16.0 Å². The van der Waals surface area contributed by atoms with E-state index in [2.05, 4.69) is 6.92 Å². The molecule has 0 aliphatic heterocycles. The predicted molar refractivity (Wildman–Crippen MR) is 149 cm³/mol. The molecule has 0 aliphatic carbocycles. The van der Waals surface area contributed by atoms with Gasteiger partial charge in [-0.2, -0.15) is 8.42 Å². The van der Waals surface area contributed by atoms with Crippen LogP contribution in [-0.2, 0) is 28.6 Å². The molecule has 1 rings (SSSR count). The van der Waals surface area contributed by atoms with Crippen LogP contribution in [0.25, 0.3) is 0 Å². The zero-order valence-electron chi connectivity index (χ0n) is 23.3. The molecular formula is C30H50O6S. The Morgan fingerprint density at radius 1 is 0.784 bits per heavy atom. The third-order valence-electron chi connectivity index (χ3n) is 6.66. The minimum absolute atomic E-state index is 0.0280. The second kappa shape index (κ2) is 21.2. The molecule has 0 aliphatic rings. The van der Waals surface area contributed by atoms with Crippen LogP contribution in [0.4, 0.5) is 0 Å². The first-order valence-corrected chi connectivity index (χ1v) is 15.8. The number of hydrogen-bond acceptors (Lipinski definition) is 6. The van der Waals surface area contributed by atoms with E-state index in [0.29, 0.717) is 12.7 Å². The SMILES string of the molecule is CCCCCCCCCCCCCCCCCC(=O)OC[C@H](CC=O)COS(=O)(=O)c1ccc(C)cc1. The Morgan fingerprint density at radius 3 is 1.76 bits per heavy atom. The van der Waals surface area contributed by atoms with Gasteiger partial charge in [0, 0.05) is 18.8 Å². The summed E-state index contributed by atoms with van der Waals surface area (Å²) in [5.41, 5.74) is 0.943. The van der Waals surface area contributed by atoms with Crippen LogP contribution >= 0.6 is 0 Å². The fraction of sp³-hybridized carbons (Fsp3) is 0.733. The Hall–Kier alpha value is -1.73. The molecule has 1 atom stereocenters. The molecule has 0 spiro atoms. The van der Waals surface area contributed by atoms with Crippen molar-refractivity contribution in [3.63, 3.8) is 0 Å². The molecule has 0 unspecified atom stereocenters. The van der Waals surface area contributed by atoms with Gasteiger partial charge in [-0.3, -0.25) is 8.98 Å². The largest absolute Gasteiger partial charge is 0.465 e. The van der Waals surface area contributed by atoms with Gasteiger partial charge in [0.2, 0.25) is 0 Å². The Morgan fingerprint density at radius 2 is 1.27 bits per heavy atom. The summed E-state index contributed by atoms with van der Waals surface area (Å²) in [6.07, 6.45) is 20.1. The molecule has 0 bridgehead atoms. The van der Waals surface area contributed by atoms with Crippen LogP contribution < -0.4 is 0 Å². The van der Waals surface area contributed by atoms with E-state index >= 15 is 0 Å². The summed E-state index contributed by atoms with van der Waals surface area (Å²) in [5.74, 6) is -0.810. The van der Waals surface area contributed by atoms with Crippen molar-refractivity contribution < 1.29 is 26.9 Å². The van der Waals surface area contributed by atoms with E-state index in [0.717, 1.165) is 24.8 Å². The number of rotatable bonds is 24.